The van der Waals surface area contributed by atoms with Gasteiger partial charge in [0.2, 0.25) is 17.7 Å². The first-order chi connectivity index (χ1) is 19.2. The number of rotatable bonds is 14. The molecule has 40 heavy (non-hydrogen) atoms. The Labute approximate surface area is 248 Å². The molecule has 0 aliphatic carbocycles. The normalized spacial score (nSPS) is 12.2. The molecule has 0 radical (unpaired) electrons. The number of amides is 3. The number of carbonyl (C=O) groups excluding carboxylic acids is 3. The first kappa shape index (κ1) is 30.6. The molecule has 0 saturated heterocycles. The number of halogens is 1. The standard InChI is InChI=1S/C30H35IN6O3/c31-23-15-13-20(14-16-23)18-26(28(32)39)37-29(40)25(12-7-17-35-30(33)34)36-27(38)19-24(21-8-3-1-4-9-21)22-10-5-2-6-11-22/h1-6,8-11,13-16,24-26H,7,12,17-19H2,(H2,32,39)(H,36,38)(H,37,40)(H4,33,34,35)/t25-,26+/m1/s1. The van der Waals surface area contributed by atoms with Crippen LogP contribution in [0.2, 0.25) is 0 Å². The van der Waals surface area contributed by atoms with Crippen LogP contribution < -0.4 is 27.8 Å². The number of hydrogen-bond acceptors (Lipinski definition) is 4. The molecule has 10 heteroatoms. The van der Waals surface area contributed by atoms with E-state index in [1.165, 1.54) is 0 Å². The van der Waals surface area contributed by atoms with Crippen molar-refractivity contribution < 1.29 is 14.4 Å². The van der Waals surface area contributed by atoms with Gasteiger partial charge in [0, 0.05) is 28.9 Å². The average Bonchev–Trinajstić information content (AvgIpc) is 2.94. The van der Waals surface area contributed by atoms with Crippen LogP contribution in [-0.2, 0) is 20.8 Å². The lowest BCUT2D eigenvalue weighted by Crippen LogP contribution is -2.53. The van der Waals surface area contributed by atoms with Crippen molar-refractivity contribution in [1.82, 2.24) is 10.6 Å². The third kappa shape index (κ3) is 9.99. The zero-order valence-electron chi connectivity index (χ0n) is 22.1. The van der Waals surface area contributed by atoms with Gasteiger partial charge in [0.25, 0.3) is 0 Å². The fourth-order valence-electron chi connectivity index (χ4n) is 4.36. The van der Waals surface area contributed by atoms with Crippen molar-refractivity contribution in [2.75, 3.05) is 6.54 Å². The first-order valence-electron chi connectivity index (χ1n) is 13.0. The monoisotopic (exact) mass is 654 g/mol. The Morgan fingerprint density at radius 2 is 1.35 bits per heavy atom. The predicted molar refractivity (Wildman–Crippen MR) is 165 cm³/mol. The highest BCUT2D eigenvalue weighted by Gasteiger charge is 2.27. The number of primary amides is 1. The molecule has 3 amide bonds. The number of nitrogens with two attached hydrogens (primary N) is 3. The molecule has 0 unspecified atom stereocenters. The molecule has 0 aliphatic rings. The van der Waals surface area contributed by atoms with E-state index in [2.05, 4.69) is 38.2 Å². The highest BCUT2D eigenvalue weighted by atomic mass is 127. The molecule has 0 spiro atoms. The van der Waals surface area contributed by atoms with Crippen LogP contribution in [-0.4, -0.2) is 42.3 Å². The molecular weight excluding hydrogens is 619 g/mol. The van der Waals surface area contributed by atoms with Crippen molar-refractivity contribution in [1.29, 1.82) is 0 Å². The van der Waals surface area contributed by atoms with Crippen molar-refractivity contribution >= 4 is 46.3 Å². The van der Waals surface area contributed by atoms with Gasteiger partial charge in [-0.15, -0.1) is 0 Å². The lowest BCUT2D eigenvalue weighted by molar-refractivity contribution is -0.131. The highest BCUT2D eigenvalue weighted by Crippen LogP contribution is 2.28. The smallest absolute Gasteiger partial charge is 0.243 e. The summed E-state index contributed by atoms with van der Waals surface area (Å²) in [5, 5.41) is 5.61. The van der Waals surface area contributed by atoms with E-state index < -0.39 is 23.9 Å². The molecular formula is C30H35IN6O3. The molecule has 0 bridgehead atoms. The third-order valence-electron chi connectivity index (χ3n) is 6.40. The zero-order valence-corrected chi connectivity index (χ0v) is 24.3. The van der Waals surface area contributed by atoms with Crippen molar-refractivity contribution in [2.24, 2.45) is 22.2 Å². The third-order valence-corrected chi connectivity index (χ3v) is 7.12. The maximum absolute atomic E-state index is 13.4. The van der Waals surface area contributed by atoms with E-state index in [1.807, 2.05) is 84.9 Å². The van der Waals surface area contributed by atoms with Gasteiger partial charge in [-0.2, -0.15) is 0 Å². The van der Waals surface area contributed by atoms with Crippen LogP contribution in [0.25, 0.3) is 0 Å². The molecule has 0 saturated carbocycles. The van der Waals surface area contributed by atoms with Gasteiger partial charge in [-0.1, -0.05) is 72.8 Å². The van der Waals surface area contributed by atoms with Gasteiger partial charge in [-0.25, -0.2) is 0 Å². The molecule has 9 nitrogen and oxygen atoms in total. The van der Waals surface area contributed by atoms with E-state index in [0.717, 1.165) is 20.3 Å². The van der Waals surface area contributed by atoms with E-state index >= 15 is 0 Å². The second-order valence-corrected chi connectivity index (χ2v) is 10.7. The minimum Gasteiger partial charge on any atom is -0.370 e. The van der Waals surface area contributed by atoms with Crippen LogP contribution in [0.1, 0.15) is 41.9 Å². The topological polar surface area (TPSA) is 166 Å². The summed E-state index contributed by atoms with van der Waals surface area (Å²) in [6.45, 7) is 0.292. The fourth-order valence-corrected chi connectivity index (χ4v) is 4.72. The molecule has 8 N–H and O–H groups in total. The maximum atomic E-state index is 13.4. The summed E-state index contributed by atoms with van der Waals surface area (Å²) < 4.78 is 1.05. The number of guanidine groups is 1. The van der Waals surface area contributed by atoms with Crippen molar-refractivity contribution in [3.8, 4) is 0 Å². The number of carbonyl (C=O) groups is 3. The summed E-state index contributed by atoms with van der Waals surface area (Å²) >= 11 is 2.19. The molecule has 0 heterocycles. The van der Waals surface area contributed by atoms with Gasteiger partial charge in [-0.05, 0) is 64.3 Å². The van der Waals surface area contributed by atoms with Gasteiger partial charge in [0.1, 0.15) is 12.1 Å². The van der Waals surface area contributed by atoms with Crippen LogP contribution in [0, 0.1) is 3.57 Å². The number of benzene rings is 3. The lowest BCUT2D eigenvalue weighted by Gasteiger charge is -2.24. The van der Waals surface area contributed by atoms with E-state index in [4.69, 9.17) is 17.2 Å². The SMILES string of the molecule is NC(=O)[C@H](Cc1ccc(I)cc1)NC(=O)[C@@H](CCCN=C(N)N)NC(=O)CC(c1ccccc1)c1ccccc1. The van der Waals surface area contributed by atoms with Crippen molar-refractivity contribution in [3.63, 3.8) is 0 Å². The number of nitrogens with one attached hydrogen (secondary N) is 2. The second kappa shape index (κ2) is 15.6. The van der Waals surface area contributed by atoms with Crippen LogP contribution >= 0.6 is 22.6 Å². The van der Waals surface area contributed by atoms with E-state index in [-0.39, 0.29) is 37.0 Å². The average molecular weight is 655 g/mol. The molecule has 210 valence electrons. The molecule has 0 aromatic heterocycles. The Bertz CT molecular complexity index is 1240. The Morgan fingerprint density at radius 3 is 1.88 bits per heavy atom. The number of hydrogen-bond donors (Lipinski definition) is 5. The van der Waals surface area contributed by atoms with Gasteiger partial charge in [0.05, 0.1) is 0 Å². The van der Waals surface area contributed by atoms with Crippen LogP contribution in [0.4, 0.5) is 0 Å². The minimum absolute atomic E-state index is 0.0510. The van der Waals surface area contributed by atoms with E-state index in [1.54, 1.807) is 0 Å². The van der Waals surface area contributed by atoms with Crippen LogP contribution in [0.15, 0.2) is 89.9 Å². The Morgan fingerprint density at radius 1 is 0.775 bits per heavy atom. The number of aliphatic imine (C=N–C) groups is 1. The Kier molecular flexibility index (Phi) is 11.9. The maximum Gasteiger partial charge on any atom is 0.243 e. The van der Waals surface area contributed by atoms with Gasteiger partial charge in [0.15, 0.2) is 5.96 Å². The van der Waals surface area contributed by atoms with Crippen molar-refractivity contribution in [2.45, 2.75) is 43.7 Å². The van der Waals surface area contributed by atoms with Gasteiger partial charge >= 0.3 is 0 Å². The molecule has 3 rings (SSSR count). The number of nitrogens with zero attached hydrogens (tertiary/aromatic N) is 1. The molecule has 0 aliphatic heterocycles. The molecule has 0 fully saturated rings. The van der Waals surface area contributed by atoms with Gasteiger partial charge in [-0.3, -0.25) is 19.4 Å². The van der Waals surface area contributed by atoms with Gasteiger partial charge < -0.3 is 27.8 Å². The first-order valence-corrected chi connectivity index (χ1v) is 14.1. The molecule has 3 aromatic rings. The Balaban J connectivity index is 1.75. The van der Waals surface area contributed by atoms with E-state index in [0.29, 0.717) is 13.0 Å². The fraction of sp³-hybridized carbons (Fsp3) is 0.267. The molecule has 3 aromatic carbocycles. The summed E-state index contributed by atoms with van der Waals surface area (Å²) in [5.41, 5.74) is 19.3. The predicted octanol–water partition coefficient (Wildman–Crippen LogP) is 2.56. The Hall–Kier alpha value is -3.93. The second-order valence-electron chi connectivity index (χ2n) is 9.44. The largest absolute Gasteiger partial charge is 0.370 e. The summed E-state index contributed by atoms with van der Waals surface area (Å²) in [6.07, 6.45) is 1.07. The van der Waals surface area contributed by atoms with Crippen molar-refractivity contribution in [3.05, 3.63) is 105 Å². The molecule has 2 atom stereocenters. The summed E-state index contributed by atoms with van der Waals surface area (Å²) in [7, 11) is 0. The van der Waals surface area contributed by atoms with Crippen LogP contribution in [0.5, 0.6) is 0 Å². The minimum atomic E-state index is -0.939. The lowest BCUT2D eigenvalue weighted by atomic mass is 9.88. The summed E-state index contributed by atoms with van der Waals surface area (Å²) in [6, 6.07) is 25.2. The zero-order chi connectivity index (χ0) is 28.9. The summed E-state index contributed by atoms with van der Waals surface area (Å²) in [5.74, 6) is -1.71. The highest BCUT2D eigenvalue weighted by molar-refractivity contribution is 14.1. The quantitative estimate of drug-likeness (QED) is 0.0779. The van der Waals surface area contributed by atoms with Crippen LogP contribution in [0.3, 0.4) is 0 Å². The van der Waals surface area contributed by atoms with E-state index in [9.17, 15) is 14.4 Å². The summed E-state index contributed by atoms with van der Waals surface area (Å²) in [4.78, 5) is 42.9.